The van der Waals surface area contributed by atoms with Gasteiger partial charge in [0.15, 0.2) is 0 Å². The van der Waals surface area contributed by atoms with Crippen LogP contribution >= 0.6 is 0 Å². The quantitative estimate of drug-likeness (QED) is 0.776. The lowest BCUT2D eigenvalue weighted by Gasteiger charge is -2.32. The number of hydrogen-bond donors (Lipinski definition) is 1. The van der Waals surface area contributed by atoms with Crippen LogP contribution in [0.1, 0.15) is 12.0 Å². The van der Waals surface area contributed by atoms with Crippen molar-refractivity contribution in [2.75, 3.05) is 52.5 Å². The van der Waals surface area contributed by atoms with Crippen LogP contribution in [0.4, 0.5) is 0 Å². The molecule has 0 bridgehead atoms. The molecule has 1 aromatic rings. The standard InChI is InChI=1S/C16H26N4O/c1-2-15(12-17-4-1)13-18-5-7-19-6-3-16(14-19)20-8-10-21-11-9-20/h1-2,4,12,16,18H,3,5-11,13-14H2. The molecule has 1 unspecified atom stereocenters. The summed E-state index contributed by atoms with van der Waals surface area (Å²) in [6.07, 6.45) is 5.05. The molecule has 2 saturated heterocycles. The summed E-state index contributed by atoms with van der Waals surface area (Å²) in [5.41, 5.74) is 1.25. The molecule has 0 saturated carbocycles. The number of morpholine rings is 1. The third kappa shape index (κ3) is 4.48. The van der Waals surface area contributed by atoms with Crippen molar-refractivity contribution in [3.63, 3.8) is 0 Å². The van der Waals surface area contributed by atoms with Crippen molar-refractivity contribution < 1.29 is 4.74 Å². The van der Waals surface area contributed by atoms with E-state index in [2.05, 4.69) is 26.2 Å². The summed E-state index contributed by atoms with van der Waals surface area (Å²) in [7, 11) is 0. The van der Waals surface area contributed by atoms with E-state index in [1.807, 2.05) is 18.5 Å². The highest BCUT2D eigenvalue weighted by molar-refractivity contribution is 5.07. The highest BCUT2D eigenvalue weighted by Gasteiger charge is 2.28. The van der Waals surface area contributed by atoms with Crippen molar-refractivity contribution in [1.82, 2.24) is 20.1 Å². The first kappa shape index (κ1) is 14.9. The van der Waals surface area contributed by atoms with Gasteiger partial charge in [0.05, 0.1) is 13.2 Å². The lowest BCUT2D eigenvalue weighted by Crippen LogP contribution is -2.45. The van der Waals surface area contributed by atoms with Gasteiger partial charge in [-0.1, -0.05) is 6.07 Å². The van der Waals surface area contributed by atoms with Gasteiger partial charge >= 0.3 is 0 Å². The van der Waals surface area contributed by atoms with Crippen molar-refractivity contribution >= 4 is 0 Å². The Morgan fingerprint density at radius 2 is 2.19 bits per heavy atom. The molecule has 5 nitrogen and oxygen atoms in total. The largest absolute Gasteiger partial charge is 0.379 e. The summed E-state index contributed by atoms with van der Waals surface area (Å²) < 4.78 is 5.44. The van der Waals surface area contributed by atoms with Crippen molar-refractivity contribution in [2.24, 2.45) is 0 Å². The number of nitrogens with zero attached hydrogens (tertiary/aromatic N) is 3. The maximum absolute atomic E-state index is 5.44. The minimum Gasteiger partial charge on any atom is -0.379 e. The lowest BCUT2D eigenvalue weighted by atomic mass is 10.2. The van der Waals surface area contributed by atoms with Gasteiger partial charge in [0.1, 0.15) is 0 Å². The molecule has 0 aromatic carbocycles. The van der Waals surface area contributed by atoms with Crippen LogP contribution in [0.25, 0.3) is 0 Å². The molecule has 5 heteroatoms. The van der Waals surface area contributed by atoms with E-state index in [0.29, 0.717) is 0 Å². The van der Waals surface area contributed by atoms with E-state index in [4.69, 9.17) is 4.74 Å². The molecule has 2 aliphatic heterocycles. The van der Waals surface area contributed by atoms with Gasteiger partial charge in [-0.25, -0.2) is 0 Å². The van der Waals surface area contributed by atoms with Gasteiger partial charge < -0.3 is 15.0 Å². The van der Waals surface area contributed by atoms with Crippen LogP contribution in [0, 0.1) is 0 Å². The van der Waals surface area contributed by atoms with Crippen LogP contribution in [-0.2, 0) is 11.3 Å². The van der Waals surface area contributed by atoms with Crippen LogP contribution in [0.5, 0.6) is 0 Å². The third-order valence-corrected chi connectivity index (χ3v) is 4.47. The zero-order valence-corrected chi connectivity index (χ0v) is 12.7. The Morgan fingerprint density at radius 3 is 3.00 bits per heavy atom. The summed E-state index contributed by atoms with van der Waals surface area (Å²) in [5.74, 6) is 0. The maximum Gasteiger partial charge on any atom is 0.0594 e. The van der Waals surface area contributed by atoms with Gasteiger partial charge in [-0.05, 0) is 24.6 Å². The monoisotopic (exact) mass is 290 g/mol. The minimum absolute atomic E-state index is 0.743. The van der Waals surface area contributed by atoms with E-state index >= 15 is 0 Å². The molecule has 21 heavy (non-hydrogen) atoms. The van der Waals surface area contributed by atoms with Crippen molar-refractivity contribution in [2.45, 2.75) is 19.0 Å². The van der Waals surface area contributed by atoms with Crippen LogP contribution in [0.15, 0.2) is 24.5 Å². The first-order valence-electron chi connectivity index (χ1n) is 8.05. The van der Waals surface area contributed by atoms with E-state index in [1.54, 1.807) is 0 Å². The van der Waals surface area contributed by atoms with E-state index < -0.39 is 0 Å². The van der Waals surface area contributed by atoms with Gasteiger partial charge in [-0.2, -0.15) is 0 Å². The molecule has 1 aromatic heterocycles. The second kappa shape index (κ2) is 7.84. The fraction of sp³-hybridized carbons (Fsp3) is 0.688. The molecular formula is C16H26N4O. The molecule has 2 aliphatic rings. The molecule has 1 atom stereocenters. The van der Waals surface area contributed by atoms with Crippen LogP contribution in [-0.4, -0.2) is 73.3 Å². The zero-order valence-electron chi connectivity index (χ0n) is 12.7. The SMILES string of the molecule is c1cncc(CNCCN2CCC(N3CCOCC3)C2)c1. The Balaban J connectivity index is 1.31. The molecule has 116 valence electrons. The first-order valence-corrected chi connectivity index (χ1v) is 8.05. The van der Waals surface area contributed by atoms with Crippen molar-refractivity contribution in [3.05, 3.63) is 30.1 Å². The zero-order chi connectivity index (χ0) is 14.3. The molecule has 1 N–H and O–H groups in total. The summed E-state index contributed by atoms with van der Waals surface area (Å²) in [5, 5.41) is 3.51. The van der Waals surface area contributed by atoms with Gasteiger partial charge in [0.25, 0.3) is 0 Å². The smallest absolute Gasteiger partial charge is 0.0594 e. The summed E-state index contributed by atoms with van der Waals surface area (Å²) in [6, 6.07) is 4.85. The number of rotatable bonds is 6. The molecule has 3 heterocycles. The van der Waals surface area contributed by atoms with Gasteiger partial charge in [0, 0.05) is 57.7 Å². The molecule has 0 radical (unpaired) electrons. The molecule has 3 rings (SSSR count). The molecule has 0 aliphatic carbocycles. The molecule has 0 amide bonds. The van der Waals surface area contributed by atoms with E-state index in [1.165, 1.54) is 25.1 Å². The maximum atomic E-state index is 5.44. The second-order valence-electron chi connectivity index (χ2n) is 5.93. The van der Waals surface area contributed by atoms with Crippen LogP contribution in [0.3, 0.4) is 0 Å². The molecular weight excluding hydrogens is 264 g/mol. The fourth-order valence-corrected chi connectivity index (χ4v) is 3.23. The number of hydrogen-bond acceptors (Lipinski definition) is 5. The lowest BCUT2D eigenvalue weighted by molar-refractivity contribution is 0.0185. The first-order chi connectivity index (χ1) is 10.4. The van der Waals surface area contributed by atoms with Crippen molar-refractivity contribution in [3.8, 4) is 0 Å². The highest BCUT2D eigenvalue weighted by atomic mass is 16.5. The van der Waals surface area contributed by atoms with Crippen LogP contribution in [0.2, 0.25) is 0 Å². The van der Waals surface area contributed by atoms with E-state index in [0.717, 1.165) is 52.0 Å². The Hall–Kier alpha value is -1.01. The van der Waals surface area contributed by atoms with Gasteiger partial charge in [0.2, 0.25) is 0 Å². The second-order valence-corrected chi connectivity index (χ2v) is 5.93. The fourth-order valence-electron chi connectivity index (χ4n) is 3.23. The predicted octanol–water partition coefficient (Wildman–Crippen LogP) is 0.578. The minimum atomic E-state index is 0.743. The average molecular weight is 290 g/mol. The van der Waals surface area contributed by atoms with E-state index in [9.17, 15) is 0 Å². The summed E-state index contributed by atoms with van der Waals surface area (Å²) in [4.78, 5) is 9.32. The normalized spacial score (nSPS) is 24.5. The summed E-state index contributed by atoms with van der Waals surface area (Å²) >= 11 is 0. The number of aromatic nitrogens is 1. The predicted molar refractivity (Wildman–Crippen MR) is 83.2 cm³/mol. The highest BCUT2D eigenvalue weighted by Crippen LogP contribution is 2.16. The Bertz CT molecular complexity index is 408. The van der Waals surface area contributed by atoms with Crippen molar-refractivity contribution in [1.29, 1.82) is 0 Å². The summed E-state index contributed by atoms with van der Waals surface area (Å²) in [6.45, 7) is 9.58. The third-order valence-electron chi connectivity index (χ3n) is 4.47. The van der Waals surface area contributed by atoms with Gasteiger partial charge in [-0.15, -0.1) is 0 Å². The van der Waals surface area contributed by atoms with Crippen LogP contribution < -0.4 is 5.32 Å². The van der Waals surface area contributed by atoms with E-state index in [-0.39, 0.29) is 0 Å². The number of pyridine rings is 1. The molecule has 0 spiro atoms. The van der Waals surface area contributed by atoms with Gasteiger partial charge in [-0.3, -0.25) is 9.88 Å². The molecule has 2 fully saturated rings. The average Bonchev–Trinajstić information content (AvgIpc) is 3.02. The number of nitrogens with one attached hydrogen (secondary N) is 1. The Morgan fingerprint density at radius 1 is 1.29 bits per heavy atom. The number of ether oxygens (including phenoxy) is 1. The topological polar surface area (TPSA) is 40.6 Å². The Labute approximate surface area is 127 Å². The number of likely N-dealkylation sites (tertiary alicyclic amines) is 1. The Kier molecular flexibility index (Phi) is 5.57.